The number of hydrogen-bond donors (Lipinski definition) is 2. The lowest BCUT2D eigenvalue weighted by molar-refractivity contribution is 0.0597. The van der Waals surface area contributed by atoms with Gasteiger partial charge in [0.2, 0.25) is 0 Å². The molecule has 0 unspecified atom stereocenters. The highest BCUT2D eigenvalue weighted by Gasteiger charge is 2.17. The van der Waals surface area contributed by atoms with Gasteiger partial charge in [-0.15, -0.1) is 0 Å². The standard InChI is InChI=1S/C15H14N4O4/c1-23-15(22)9-8-10-13(19(6-7-20)12(9)16)17-11-4-2-3-5-18(11)14(10)21/h2-5,8,16,20H,6-7H2,1H3. The zero-order valence-electron chi connectivity index (χ0n) is 12.3. The van der Waals surface area contributed by atoms with Crippen LogP contribution >= 0.6 is 0 Å². The molecule has 3 aromatic heterocycles. The van der Waals surface area contributed by atoms with E-state index >= 15 is 0 Å². The van der Waals surface area contributed by atoms with Crippen molar-refractivity contribution in [3.63, 3.8) is 0 Å². The lowest BCUT2D eigenvalue weighted by atomic mass is 10.2. The van der Waals surface area contributed by atoms with Crippen molar-refractivity contribution in [3.05, 3.63) is 51.9 Å². The molecule has 0 saturated carbocycles. The Morgan fingerprint density at radius 2 is 2.22 bits per heavy atom. The molecular weight excluding hydrogens is 300 g/mol. The number of aliphatic hydroxyl groups is 1. The molecule has 0 amide bonds. The molecule has 23 heavy (non-hydrogen) atoms. The number of carbonyl (C=O) groups excluding carboxylic acids is 1. The molecule has 0 saturated heterocycles. The Hall–Kier alpha value is -3.00. The van der Waals surface area contributed by atoms with E-state index in [9.17, 15) is 14.7 Å². The van der Waals surface area contributed by atoms with E-state index in [1.165, 1.54) is 22.1 Å². The first-order valence-electron chi connectivity index (χ1n) is 6.87. The summed E-state index contributed by atoms with van der Waals surface area (Å²) >= 11 is 0. The van der Waals surface area contributed by atoms with Crippen LogP contribution in [-0.2, 0) is 11.3 Å². The maximum atomic E-state index is 12.7. The molecule has 0 radical (unpaired) electrons. The number of fused-ring (bicyclic) bond motifs is 2. The fraction of sp³-hybridized carbons (Fsp3) is 0.200. The summed E-state index contributed by atoms with van der Waals surface area (Å²) in [6, 6.07) is 6.42. The molecule has 0 spiro atoms. The Labute approximate surface area is 129 Å². The molecule has 0 atom stereocenters. The number of ether oxygens (including phenoxy) is 1. The number of pyridine rings is 2. The summed E-state index contributed by atoms with van der Waals surface area (Å²) in [5.41, 5.74) is 0.0890. The number of nitrogens with zero attached hydrogens (tertiary/aromatic N) is 3. The van der Waals surface area contributed by atoms with E-state index in [0.717, 1.165) is 0 Å². The summed E-state index contributed by atoms with van der Waals surface area (Å²) in [5, 5.41) is 17.6. The summed E-state index contributed by atoms with van der Waals surface area (Å²) in [4.78, 5) is 28.9. The molecule has 0 aromatic carbocycles. The van der Waals surface area contributed by atoms with Gasteiger partial charge in [0.05, 0.1) is 19.1 Å². The molecule has 0 aliphatic heterocycles. The normalized spacial score (nSPS) is 11.0. The van der Waals surface area contributed by atoms with Crippen LogP contribution in [0, 0.1) is 5.41 Å². The van der Waals surface area contributed by atoms with Gasteiger partial charge >= 0.3 is 5.97 Å². The monoisotopic (exact) mass is 314 g/mol. The van der Waals surface area contributed by atoms with Crippen molar-refractivity contribution < 1.29 is 14.6 Å². The molecule has 3 heterocycles. The predicted molar refractivity (Wildman–Crippen MR) is 81.2 cm³/mol. The molecule has 2 N–H and O–H groups in total. The van der Waals surface area contributed by atoms with Gasteiger partial charge in [0.1, 0.15) is 22.3 Å². The minimum atomic E-state index is -0.721. The predicted octanol–water partition coefficient (Wildman–Crippen LogP) is -0.0924. The zero-order valence-corrected chi connectivity index (χ0v) is 12.3. The second-order valence-electron chi connectivity index (χ2n) is 4.86. The second kappa shape index (κ2) is 5.65. The molecule has 8 heteroatoms. The van der Waals surface area contributed by atoms with Gasteiger partial charge in [-0.1, -0.05) is 6.07 Å². The molecule has 0 fully saturated rings. The van der Waals surface area contributed by atoms with Gasteiger partial charge in [-0.2, -0.15) is 0 Å². The highest BCUT2D eigenvalue weighted by Crippen LogP contribution is 2.10. The van der Waals surface area contributed by atoms with Crippen LogP contribution in [0.15, 0.2) is 35.3 Å². The Bertz CT molecular complexity index is 1040. The fourth-order valence-electron chi connectivity index (χ4n) is 2.47. The van der Waals surface area contributed by atoms with Gasteiger partial charge < -0.3 is 14.4 Å². The van der Waals surface area contributed by atoms with Crippen molar-refractivity contribution in [2.24, 2.45) is 0 Å². The SMILES string of the molecule is COC(=O)c1cc2c(=O)n3ccccc3nc2n(CCO)c1=N. The number of nitrogens with one attached hydrogen (secondary N) is 1. The Balaban J connectivity index is 2.53. The van der Waals surface area contributed by atoms with Gasteiger partial charge in [-0.3, -0.25) is 14.6 Å². The Morgan fingerprint density at radius 1 is 1.43 bits per heavy atom. The third kappa shape index (κ3) is 2.29. The van der Waals surface area contributed by atoms with E-state index in [1.807, 2.05) is 0 Å². The molecule has 0 bridgehead atoms. The van der Waals surface area contributed by atoms with Crippen molar-refractivity contribution in [2.75, 3.05) is 13.7 Å². The van der Waals surface area contributed by atoms with E-state index in [1.54, 1.807) is 24.4 Å². The molecule has 8 nitrogen and oxygen atoms in total. The number of rotatable bonds is 3. The highest BCUT2D eigenvalue weighted by molar-refractivity contribution is 5.93. The van der Waals surface area contributed by atoms with Gasteiger partial charge in [0.15, 0.2) is 0 Å². The van der Waals surface area contributed by atoms with E-state index in [-0.39, 0.29) is 40.8 Å². The molecule has 118 valence electrons. The third-order valence-corrected chi connectivity index (χ3v) is 3.55. The van der Waals surface area contributed by atoms with Crippen LogP contribution in [-0.4, -0.2) is 38.7 Å². The number of carbonyl (C=O) groups is 1. The highest BCUT2D eigenvalue weighted by atomic mass is 16.5. The van der Waals surface area contributed by atoms with Gasteiger partial charge in [0, 0.05) is 12.7 Å². The largest absolute Gasteiger partial charge is 0.465 e. The van der Waals surface area contributed by atoms with Crippen LogP contribution in [0.1, 0.15) is 10.4 Å². The summed E-state index contributed by atoms with van der Waals surface area (Å²) in [6.45, 7) is -0.221. The average Bonchev–Trinajstić information content (AvgIpc) is 2.57. The molecule has 3 aromatic rings. The summed E-state index contributed by atoms with van der Waals surface area (Å²) in [7, 11) is 1.20. The molecule has 0 aliphatic carbocycles. The summed E-state index contributed by atoms with van der Waals surface area (Å²) < 4.78 is 7.35. The third-order valence-electron chi connectivity index (χ3n) is 3.55. The fourth-order valence-corrected chi connectivity index (χ4v) is 2.47. The average molecular weight is 314 g/mol. The van der Waals surface area contributed by atoms with E-state index in [2.05, 4.69) is 9.72 Å². The summed E-state index contributed by atoms with van der Waals surface area (Å²) in [5.74, 6) is -0.721. The Kier molecular flexibility index (Phi) is 3.67. The quantitative estimate of drug-likeness (QED) is 0.518. The topological polar surface area (TPSA) is 110 Å². The maximum absolute atomic E-state index is 12.7. The van der Waals surface area contributed by atoms with Crippen molar-refractivity contribution >= 4 is 22.6 Å². The van der Waals surface area contributed by atoms with Crippen molar-refractivity contribution in [1.29, 1.82) is 5.41 Å². The first kappa shape index (κ1) is 14.9. The van der Waals surface area contributed by atoms with Crippen LogP contribution in [0.4, 0.5) is 0 Å². The zero-order chi connectivity index (χ0) is 16.6. The minimum absolute atomic E-state index is 0.0373. The van der Waals surface area contributed by atoms with Crippen LogP contribution in [0.2, 0.25) is 0 Å². The summed E-state index contributed by atoms with van der Waals surface area (Å²) in [6.07, 6.45) is 1.58. The number of methoxy groups -OCH3 is 1. The van der Waals surface area contributed by atoms with Gasteiger partial charge in [0.25, 0.3) is 5.56 Å². The first-order chi connectivity index (χ1) is 11.1. The molecular formula is C15H14N4O4. The lowest BCUT2D eigenvalue weighted by Crippen LogP contribution is -2.31. The lowest BCUT2D eigenvalue weighted by Gasteiger charge is -2.12. The van der Waals surface area contributed by atoms with Crippen LogP contribution in [0.5, 0.6) is 0 Å². The molecule has 0 aliphatic rings. The number of aromatic nitrogens is 3. The van der Waals surface area contributed by atoms with E-state index in [4.69, 9.17) is 5.41 Å². The molecule has 3 rings (SSSR count). The van der Waals surface area contributed by atoms with Crippen LogP contribution in [0.25, 0.3) is 16.7 Å². The Morgan fingerprint density at radius 3 is 2.91 bits per heavy atom. The van der Waals surface area contributed by atoms with Crippen LogP contribution < -0.4 is 11.0 Å². The van der Waals surface area contributed by atoms with Crippen molar-refractivity contribution in [2.45, 2.75) is 6.54 Å². The minimum Gasteiger partial charge on any atom is -0.465 e. The number of aliphatic hydroxyl groups excluding tert-OH is 1. The van der Waals surface area contributed by atoms with Crippen LogP contribution in [0.3, 0.4) is 0 Å². The van der Waals surface area contributed by atoms with Gasteiger partial charge in [-0.25, -0.2) is 9.78 Å². The van der Waals surface area contributed by atoms with Crippen molar-refractivity contribution in [1.82, 2.24) is 14.0 Å². The maximum Gasteiger partial charge on any atom is 0.341 e. The van der Waals surface area contributed by atoms with Crippen molar-refractivity contribution in [3.8, 4) is 0 Å². The number of hydrogen-bond acceptors (Lipinski definition) is 6. The second-order valence-corrected chi connectivity index (χ2v) is 4.86. The van der Waals surface area contributed by atoms with E-state index in [0.29, 0.717) is 5.65 Å². The smallest absolute Gasteiger partial charge is 0.341 e. The van der Waals surface area contributed by atoms with E-state index < -0.39 is 5.97 Å². The number of esters is 1. The first-order valence-corrected chi connectivity index (χ1v) is 6.87. The van der Waals surface area contributed by atoms with Gasteiger partial charge in [-0.05, 0) is 18.2 Å².